The summed E-state index contributed by atoms with van der Waals surface area (Å²) in [5.41, 5.74) is 2.50. The Morgan fingerprint density at radius 1 is 0.889 bits per heavy atom. The summed E-state index contributed by atoms with van der Waals surface area (Å²) in [5.74, 6) is 3.21. The number of aromatic nitrogens is 2. The van der Waals surface area contributed by atoms with Crippen molar-refractivity contribution in [2.24, 2.45) is 0 Å². The molecule has 0 spiro atoms. The van der Waals surface area contributed by atoms with Crippen molar-refractivity contribution in [2.45, 2.75) is 20.8 Å². The van der Waals surface area contributed by atoms with E-state index in [0.29, 0.717) is 68.8 Å². The summed E-state index contributed by atoms with van der Waals surface area (Å²) in [6.07, 6.45) is 0. The van der Waals surface area contributed by atoms with Gasteiger partial charge in [-0.15, -0.1) is 0 Å². The van der Waals surface area contributed by atoms with E-state index in [0.717, 1.165) is 22.8 Å². The van der Waals surface area contributed by atoms with E-state index in [4.69, 9.17) is 18.9 Å². The number of methoxy groups -OCH3 is 1. The molecule has 0 atom stereocenters. The fourth-order valence-electron chi connectivity index (χ4n) is 4.22. The van der Waals surface area contributed by atoms with Crippen LogP contribution in [0.3, 0.4) is 0 Å². The maximum Gasteiger partial charge on any atom is 0.254 e. The molecular formula is C27H34N4O5. The molecule has 0 unspecified atom stereocenters. The molecule has 4 rings (SSSR count). The number of amides is 1. The van der Waals surface area contributed by atoms with Gasteiger partial charge in [0.25, 0.3) is 5.91 Å². The Balaban J connectivity index is 1.45. The molecule has 0 saturated carbocycles. The molecule has 2 aromatic carbocycles. The molecule has 1 aromatic heterocycles. The third-order valence-corrected chi connectivity index (χ3v) is 6.01. The van der Waals surface area contributed by atoms with Gasteiger partial charge in [-0.05, 0) is 62.7 Å². The number of carbonyl (C=O) groups is 1. The zero-order valence-corrected chi connectivity index (χ0v) is 21.4. The molecule has 0 bridgehead atoms. The van der Waals surface area contributed by atoms with Gasteiger partial charge in [-0.3, -0.25) is 9.89 Å². The largest absolute Gasteiger partial charge is 0.497 e. The maximum atomic E-state index is 13.4. The summed E-state index contributed by atoms with van der Waals surface area (Å²) >= 11 is 0. The van der Waals surface area contributed by atoms with Crippen LogP contribution in [-0.2, 0) is 0 Å². The third kappa shape index (κ3) is 5.50. The normalized spacial score (nSPS) is 13.4. The van der Waals surface area contributed by atoms with Crippen LogP contribution in [0, 0.1) is 0 Å². The minimum atomic E-state index is -0.0550. The summed E-state index contributed by atoms with van der Waals surface area (Å²) in [7, 11) is 1.65. The molecule has 1 aliphatic rings. The van der Waals surface area contributed by atoms with E-state index < -0.39 is 0 Å². The van der Waals surface area contributed by atoms with E-state index in [1.165, 1.54) is 0 Å². The molecule has 0 radical (unpaired) electrons. The number of H-pyrrole nitrogens is 1. The van der Waals surface area contributed by atoms with Crippen molar-refractivity contribution in [3.8, 4) is 34.3 Å². The van der Waals surface area contributed by atoms with Crippen molar-refractivity contribution in [3.05, 3.63) is 48.0 Å². The van der Waals surface area contributed by atoms with Gasteiger partial charge in [-0.2, -0.15) is 5.10 Å². The summed E-state index contributed by atoms with van der Waals surface area (Å²) < 4.78 is 22.6. The van der Waals surface area contributed by atoms with Crippen LogP contribution in [-0.4, -0.2) is 74.1 Å². The fourth-order valence-corrected chi connectivity index (χ4v) is 4.22. The first-order valence-electron chi connectivity index (χ1n) is 12.4. The topological polar surface area (TPSA) is 89.2 Å². The van der Waals surface area contributed by atoms with Crippen molar-refractivity contribution in [3.63, 3.8) is 0 Å². The highest BCUT2D eigenvalue weighted by Crippen LogP contribution is 2.39. The van der Waals surface area contributed by atoms with Crippen LogP contribution in [0.4, 0.5) is 5.82 Å². The van der Waals surface area contributed by atoms with Gasteiger partial charge in [0.1, 0.15) is 5.75 Å². The number of nitrogens with one attached hydrogen (secondary N) is 1. The van der Waals surface area contributed by atoms with Gasteiger partial charge in [-0.25, -0.2) is 0 Å². The van der Waals surface area contributed by atoms with Crippen molar-refractivity contribution in [1.82, 2.24) is 15.1 Å². The fraction of sp³-hybridized carbons (Fsp3) is 0.407. The number of aromatic amines is 1. The minimum absolute atomic E-state index is 0.0550. The second kappa shape index (κ2) is 11.7. The van der Waals surface area contributed by atoms with Gasteiger partial charge in [0.05, 0.1) is 32.6 Å². The second-order valence-corrected chi connectivity index (χ2v) is 8.25. The average Bonchev–Trinajstić information content (AvgIpc) is 3.41. The van der Waals surface area contributed by atoms with E-state index in [9.17, 15) is 4.79 Å². The zero-order valence-electron chi connectivity index (χ0n) is 21.4. The smallest absolute Gasteiger partial charge is 0.254 e. The number of piperazine rings is 1. The van der Waals surface area contributed by atoms with Crippen LogP contribution < -0.4 is 23.8 Å². The number of ether oxygens (including phenoxy) is 4. The molecule has 9 nitrogen and oxygen atoms in total. The predicted octanol–water partition coefficient (Wildman–Crippen LogP) is 4.24. The molecule has 1 saturated heterocycles. The summed E-state index contributed by atoms with van der Waals surface area (Å²) in [4.78, 5) is 17.4. The highest BCUT2D eigenvalue weighted by Gasteiger charge is 2.26. The Bertz CT molecular complexity index is 1130. The highest BCUT2D eigenvalue weighted by atomic mass is 16.5. The van der Waals surface area contributed by atoms with E-state index in [1.54, 1.807) is 19.2 Å². The Labute approximate surface area is 211 Å². The van der Waals surface area contributed by atoms with Crippen LogP contribution >= 0.6 is 0 Å². The lowest BCUT2D eigenvalue weighted by Gasteiger charge is -2.35. The highest BCUT2D eigenvalue weighted by molar-refractivity contribution is 5.96. The SMILES string of the molecule is CCOc1cc(C(=O)N2CCN(c3cc(-c4ccc(OC)cc4)[nH]n3)CC2)cc(OCC)c1OCC. The van der Waals surface area contributed by atoms with Gasteiger partial charge in [0.2, 0.25) is 5.75 Å². The average molecular weight is 495 g/mol. The molecule has 192 valence electrons. The Kier molecular flexibility index (Phi) is 8.20. The first-order valence-corrected chi connectivity index (χ1v) is 12.4. The van der Waals surface area contributed by atoms with Crippen LogP contribution in [0.2, 0.25) is 0 Å². The summed E-state index contributed by atoms with van der Waals surface area (Å²) in [6, 6.07) is 13.4. The molecule has 1 amide bonds. The lowest BCUT2D eigenvalue weighted by molar-refractivity contribution is 0.0745. The molecule has 1 fully saturated rings. The zero-order chi connectivity index (χ0) is 25.5. The molecule has 1 N–H and O–H groups in total. The predicted molar refractivity (Wildman–Crippen MR) is 139 cm³/mol. The van der Waals surface area contributed by atoms with Crippen LogP contribution in [0.1, 0.15) is 31.1 Å². The summed E-state index contributed by atoms with van der Waals surface area (Å²) in [6.45, 7) is 9.66. The number of hydrogen-bond acceptors (Lipinski definition) is 7. The van der Waals surface area contributed by atoms with E-state index in [-0.39, 0.29) is 5.91 Å². The van der Waals surface area contributed by atoms with E-state index in [2.05, 4.69) is 15.1 Å². The third-order valence-electron chi connectivity index (χ3n) is 6.01. The molecule has 0 aliphatic carbocycles. The van der Waals surface area contributed by atoms with Crippen LogP contribution in [0.15, 0.2) is 42.5 Å². The van der Waals surface area contributed by atoms with E-state index >= 15 is 0 Å². The monoisotopic (exact) mass is 494 g/mol. The van der Waals surface area contributed by atoms with Gasteiger partial charge >= 0.3 is 0 Å². The van der Waals surface area contributed by atoms with Crippen LogP contribution in [0.25, 0.3) is 11.3 Å². The molecule has 2 heterocycles. The standard InChI is InChI=1S/C27H34N4O5/c1-5-34-23-16-20(17-24(35-6-2)26(23)36-7-3)27(32)31-14-12-30(13-15-31)25-18-22(28-29-25)19-8-10-21(33-4)11-9-19/h8-11,16-18H,5-7,12-15H2,1-4H3,(H,28,29). The van der Waals surface area contributed by atoms with Gasteiger partial charge in [0, 0.05) is 37.8 Å². The van der Waals surface area contributed by atoms with Crippen molar-refractivity contribution in [1.29, 1.82) is 0 Å². The number of rotatable bonds is 10. The summed E-state index contributed by atoms with van der Waals surface area (Å²) in [5, 5.41) is 7.61. The Morgan fingerprint density at radius 3 is 2.06 bits per heavy atom. The lowest BCUT2D eigenvalue weighted by Crippen LogP contribution is -2.49. The number of carbonyl (C=O) groups excluding carboxylic acids is 1. The van der Waals surface area contributed by atoms with Crippen molar-refractivity contribution < 1.29 is 23.7 Å². The minimum Gasteiger partial charge on any atom is -0.497 e. The first kappa shape index (κ1) is 25.2. The quantitative estimate of drug-likeness (QED) is 0.451. The van der Waals surface area contributed by atoms with Crippen molar-refractivity contribution in [2.75, 3.05) is 58.0 Å². The van der Waals surface area contributed by atoms with Gasteiger partial charge in [-0.1, -0.05) is 0 Å². The number of nitrogens with zero attached hydrogens (tertiary/aromatic N) is 3. The first-order chi connectivity index (χ1) is 17.6. The van der Waals surface area contributed by atoms with Crippen LogP contribution in [0.5, 0.6) is 23.0 Å². The molecule has 3 aromatic rings. The van der Waals surface area contributed by atoms with E-state index in [1.807, 2.05) is 56.0 Å². The van der Waals surface area contributed by atoms with Crippen molar-refractivity contribution >= 4 is 11.7 Å². The second-order valence-electron chi connectivity index (χ2n) is 8.25. The van der Waals surface area contributed by atoms with Gasteiger partial charge in [0.15, 0.2) is 17.3 Å². The molecule has 9 heteroatoms. The lowest BCUT2D eigenvalue weighted by atomic mass is 10.1. The maximum absolute atomic E-state index is 13.4. The Hall–Kier alpha value is -3.88. The molecule has 36 heavy (non-hydrogen) atoms. The molecule has 1 aliphatic heterocycles. The van der Waals surface area contributed by atoms with Gasteiger partial charge < -0.3 is 28.7 Å². The number of anilines is 1. The number of hydrogen-bond donors (Lipinski definition) is 1. The Morgan fingerprint density at radius 2 is 1.50 bits per heavy atom. The molecular weight excluding hydrogens is 460 g/mol. The number of benzene rings is 2.